The first-order valence-corrected chi connectivity index (χ1v) is 12.0. The van der Waals surface area contributed by atoms with Gasteiger partial charge in [0.2, 0.25) is 11.8 Å². The molecule has 7 nitrogen and oxygen atoms in total. The van der Waals surface area contributed by atoms with Gasteiger partial charge in [-0.2, -0.15) is 0 Å². The van der Waals surface area contributed by atoms with Gasteiger partial charge in [-0.1, -0.05) is 57.1 Å². The summed E-state index contributed by atoms with van der Waals surface area (Å²) >= 11 is 0. The van der Waals surface area contributed by atoms with Crippen LogP contribution in [0.3, 0.4) is 0 Å². The van der Waals surface area contributed by atoms with Crippen LogP contribution in [0, 0.1) is 5.92 Å². The predicted octanol–water partition coefficient (Wildman–Crippen LogP) is 5.73. The number of carbonyl (C=O) groups is 1. The third kappa shape index (κ3) is 4.94. The first-order valence-electron chi connectivity index (χ1n) is 12.0. The van der Waals surface area contributed by atoms with Crippen LogP contribution < -0.4 is 5.32 Å². The van der Waals surface area contributed by atoms with E-state index in [9.17, 15) is 15.0 Å². The largest absolute Gasteiger partial charge is 0.508 e. The highest BCUT2D eigenvalue weighted by atomic mass is 16.5. The molecule has 180 valence electrons. The van der Waals surface area contributed by atoms with E-state index in [4.69, 9.17) is 4.52 Å². The number of rotatable bonds is 9. The Bertz CT molecular complexity index is 1160. The molecule has 1 fully saturated rings. The number of amides is 1. The normalized spacial score (nSPS) is 13.6. The highest BCUT2D eigenvalue weighted by Crippen LogP contribution is 2.44. The minimum Gasteiger partial charge on any atom is -0.508 e. The quantitative estimate of drug-likeness (QED) is 0.375. The standard InChI is InChI=1S/C27H33N3O4/c1-5-30(6-2)15-17-7-9-18(10-8-17)24-25(29-34-27(24)28-26(33)19-11-12-19)21-13-20(16(3)4)22(31)14-23(21)32/h7-10,13-14,16,19,31-32H,5-6,11-12,15H2,1-4H3,(H,28,33). The first-order chi connectivity index (χ1) is 16.3. The van der Waals surface area contributed by atoms with Crippen LogP contribution in [0.1, 0.15) is 57.6 Å². The zero-order valence-electron chi connectivity index (χ0n) is 20.3. The molecule has 1 aliphatic rings. The molecule has 1 heterocycles. The van der Waals surface area contributed by atoms with Crippen LogP contribution in [0.2, 0.25) is 0 Å². The summed E-state index contributed by atoms with van der Waals surface area (Å²) < 4.78 is 5.60. The molecule has 0 bridgehead atoms. The van der Waals surface area contributed by atoms with Crippen LogP contribution in [-0.4, -0.2) is 39.3 Å². The smallest absolute Gasteiger partial charge is 0.239 e. The van der Waals surface area contributed by atoms with E-state index in [1.54, 1.807) is 6.07 Å². The number of benzene rings is 2. The molecular weight excluding hydrogens is 430 g/mol. The van der Waals surface area contributed by atoms with Gasteiger partial charge in [-0.15, -0.1) is 0 Å². The van der Waals surface area contributed by atoms with Crippen molar-refractivity contribution >= 4 is 11.8 Å². The summed E-state index contributed by atoms with van der Waals surface area (Å²) in [4.78, 5) is 14.9. The van der Waals surface area contributed by atoms with E-state index in [2.05, 4.69) is 41.4 Å². The Balaban J connectivity index is 1.78. The van der Waals surface area contributed by atoms with Crippen LogP contribution in [0.4, 0.5) is 5.88 Å². The Morgan fingerprint density at radius 3 is 2.38 bits per heavy atom. The second-order valence-corrected chi connectivity index (χ2v) is 9.24. The fourth-order valence-electron chi connectivity index (χ4n) is 4.11. The number of hydrogen-bond acceptors (Lipinski definition) is 6. The van der Waals surface area contributed by atoms with Gasteiger partial charge in [0.1, 0.15) is 17.2 Å². The highest BCUT2D eigenvalue weighted by Gasteiger charge is 2.32. The lowest BCUT2D eigenvalue weighted by Crippen LogP contribution is -2.21. The van der Waals surface area contributed by atoms with Crippen molar-refractivity contribution in [1.82, 2.24) is 10.1 Å². The average molecular weight is 464 g/mol. The molecule has 0 saturated heterocycles. The summed E-state index contributed by atoms with van der Waals surface area (Å²) in [5, 5.41) is 28.1. The second kappa shape index (κ2) is 9.89. The second-order valence-electron chi connectivity index (χ2n) is 9.24. The van der Waals surface area contributed by atoms with Gasteiger partial charge >= 0.3 is 0 Å². The maximum atomic E-state index is 12.5. The lowest BCUT2D eigenvalue weighted by molar-refractivity contribution is -0.117. The van der Waals surface area contributed by atoms with Crippen molar-refractivity contribution in [2.45, 2.75) is 53.0 Å². The summed E-state index contributed by atoms with van der Waals surface area (Å²) in [6.07, 6.45) is 1.75. The van der Waals surface area contributed by atoms with E-state index in [1.165, 1.54) is 11.6 Å². The molecule has 7 heteroatoms. The van der Waals surface area contributed by atoms with Crippen LogP contribution in [-0.2, 0) is 11.3 Å². The van der Waals surface area contributed by atoms with Crippen LogP contribution in [0.15, 0.2) is 40.9 Å². The van der Waals surface area contributed by atoms with Crippen LogP contribution in [0.5, 0.6) is 11.5 Å². The molecule has 3 N–H and O–H groups in total. The average Bonchev–Trinajstić information content (AvgIpc) is 3.59. The molecule has 1 saturated carbocycles. The summed E-state index contributed by atoms with van der Waals surface area (Å²) in [7, 11) is 0. The van der Waals surface area contributed by atoms with Crippen LogP contribution in [0.25, 0.3) is 22.4 Å². The number of anilines is 1. The molecule has 4 rings (SSSR count). The summed E-state index contributed by atoms with van der Waals surface area (Å²) in [6, 6.07) is 11.2. The molecule has 0 spiro atoms. The SMILES string of the molecule is CCN(CC)Cc1ccc(-c2c(-c3cc(C(C)C)c(O)cc3O)noc2NC(=O)C2CC2)cc1. The van der Waals surface area contributed by atoms with Crippen molar-refractivity contribution in [2.75, 3.05) is 18.4 Å². The molecule has 1 aliphatic carbocycles. The van der Waals surface area contributed by atoms with Gasteiger partial charge in [0, 0.05) is 24.1 Å². The summed E-state index contributed by atoms with van der Waals surface area (Å²) in [6.45, 7) is 11.0. The molecule has 1 amide bonds. The van der Waals surface area contributed by atoms with E-state index >= 15 is 0 Å². The Labute approximate surface area is 200 Å². The monoisotopic (exact) mass is 463 g/mol. The van der Waals surface area contributed by atoms with Crippen molar-refractivity contribution < 1.29 is 19.5 Å². The van der Waals surface area contributed by atoms with Gasteiger partial charge < -0.3 is 14.7 Å². The predicted molar refractivity (Wildman–Crippen MR) is 133 cm³/mol. The Morgan fingerprint density at radius 1 is 1.12 bits per heavy atom. The summed E-state index contributed by atoms with van der Waals surface area (Å²) in [5.74, 6) is 0.163. The van der Waals surface area contributed by atoms with Crippen molar-refractivity contribution in [1.29, 1.82) is 0 Å². The molecule has 3 aromatic rings. The Kier molecular flexibility index (Phi) is 6.93. The molecular formula is C27H33N3O4. The van der Waals surface area contributed by atoms with E-state index < -0.39 is 0 Å². The van der Waals surface area contributed by atoms with Gasteiger partial charge in [0.25, 0.3) is 0 Å². The zero-order chi connectivity index (χ0) is 24.4. The number of aromatic hydroxyl groups is 2. The van der Waals surface area contributed by atoms with Crippen molar-refractivity contribution in [3.63, 3.8) is 0 Å². The van der Waals surface area contributed by atoms with Crippen LogP contribution >= 0.6 is 0 Å². The molecule has 34 heavy (non-hydrogen) atoms. The maximum absolute atomic E-state index is 12.5. The minimum atomic E-state index is -0.102. The van der Waals surface area contributed by atoms with Gasteiger partial charge in [-0.3, -0.25) is 15.0 Å². The van der Waals surface area contributed by atoms with Crippen molar-refractivity contribution in [2.24, 2.45) is 5.92 Å². The molecule has 0 atom stereocenters. The number of carbonyl (C=O) groups excluding carboxylic acids is 1. The van der Waals surface area contributed by atoms with Crippen molar-refractivity contribution in [3.8, 4) is 33.9 Å². The van der Waals surface area contributed by atoms with Crippen molar-refractivity contribution in [3.05, 3.63) is 47.5 Å². The zero-order valence-corrected chi connectivity index (χ0v) is 20.3. The maximum Gasteiger partial charge on any atom is 0.239 e. The summed E-state index contributed by atoms with van der Waals surface area (Å²) in [5.41, 5.74) is 4.17. The van der Waals surface area contributed by atoms with E-state index in [0.29, 0.717) is 22.4 Å². The topological polar surface area (TPSA) is 98.8 Å². The Morgan fingerprint density at radius 2 is 1.79 bits per heavy atom. The van der Waals surface area contributed by atoms with E-state index in [-0.39, 0.29) is 35.1 Å². The third-order valence-corrected chi connectivity index (χ3v) is 6.44. The molecule has 0 aliphatic heterocycles. The Hall–Kier alpha value is -3.32. The number of nitrogens with zero attached hydrogens (tertiary/aromatic N) is 2. The number of phenols is 2. The molecule has 2 aromatic carbocycles. The molecule has 1 aromatic heterocycles. The minimum absolute atomic E-state index is 0.00691. The fraction of sp³-hybridized carbons (Fsp3) is 0.407. The van der Waals surface area contributed by atoms with Gasteiger partial charge in [-0.05, 0) is 54.6 Å². The molecule has 0 radical (unpaired) electrons. The number of aromatic nitrogens is 1. The highest BCUT2D eigenvalue weighted by molar-refractivity contribution is 5.99. The first kappa shape index (κ1) is 23.8. The lowest BCUT2D eigenvalue weighted by Gasteiger charge is -2.18. The third-order valence-electron chi connectivity index (χ3n) is 6.44. The van der Waals surface area contributed by atoms with Gasteiger partial charge in [0.05, 0.1) is 5.56 Å². The van der Waals surface area contributed by atoms with E-state index in [1.807, 2.05) is 26.0 Å². The van der Waals surface area contributed by atoms with E-state index in [0.717, 1.165) is 38.0 Å². The van der Waals surface area contributed by atoms with Gasteiger partial charge in [0.15, 0.2) is 0 Å². The van der Waals surface area contributed by atoms with Gasteiger partial charge in [-0.25, -0.2) is 0 Å². The number of phenolic OH excluding ortho intramolecular Hbond substituents is 2. The molecule has 0 unspecified atom stereocenters. The number of hydrogen-bond donors (Lipinski definition) is 3. The lowest BCUT2D eigenvalue weighted by atomic mass is 9.94. The fourth-order valence-corrected chi connectivity index (χ4v) is 4.11. The number of nitrogens with one attached hydrogen (secondary N) is 1.